The van der Waals surface area contributed by atoms with E-state index in [4.69, 9.17) is 4.99 Å². The van der Waals surface area contributed by atoms with Crippen LogP contribution in [-0.4, -0.2) is 51.8 Å². The molecular formula is C17H32N6. The van der Waals surface area contributed by atoms with Crippen LogP contribution in [0.25, 0.3) is 0 Å². The van der Waals surface area contributed by atoms with Crippen LogP contribution in [0.15, 0.2) is 11.3 Å². The van der Waals surface area contributed by atoms with Crippen LogP contribution in [0.5, 0.6) is 0 Å². The van der Waals surface area contributed by atoms with Crippen LogP contribution in [-0.2, 0) is 13.0 Å². The fourth-order valence-electron chi connectivity index (χ4n) is 2.78. The Morgan fingerprint density at radius 1 is 1.39 bits per heavy atom. The number of aryl methyl sites for hydroxylation is 1. The second-order valence-electron chi connectivity index (χ2n) is 6.95. The molecular weight excluding hydrogens is 288 g/mol. The molecule has 0 atom stereocenters. The van der Waals surface area contributed by atoms with E-state index in [1.54, 1.807) is 0 Å². The average molecular weight is 320 g/mol. The molecule has 0 radical (unpaired) electrons. The lowest BCUT2D eigenvalue weighted by Crippen LogP contribution is -2.46. The summed E-state index contributed by atoms with van der Waals surface area (Å²) in [6.45, 7) is 13.7. The van der Waals surface area contributed by atoms with E-state index in [0.29, 0.717) is 5.92 Å². The number of nitrogens with zero attached hydrogens (tertiary/aromatic N) is 5. The van der Waals surface area contributed by atoms with Gasteiger partial charge in [0.15, 0.2) is 5.96 Å². The van der Waals surface area contributed by atoms with E-state index in [9.17, 15) is 0 Å². The molecule has 1 aromatic rings. The number of aromatic nitrogens is 3. The molecule has 6 heteroatoms. The van der Waals surface area contributed by atoms with Gasteiger partial charge in [-0.1, -0.05) is 27.7 Å². The molecule has 2 rings (SSSR count). The number of hydrogen-bond donors (Lipinski definition) is 1. The number of nitrogens with one attached hydrogen (secondary N) is 1. The molecule has 1 aliphatic heterocycles. The van der Waals surface area contributed by atoms with Gasteiger partial charge in [-0.25, -0.2) is 0 Å². The van der Waals surface area contributed by atoms with Gasteiger partial charge >= 0.3 is 0 Å². The van der Waals surface area contributed by atoms with Gasteiger partial charge in [0.25, 0.3) is 0 Å². The summed E-state index contributed by atoms with van der Waals surface area (Å²) in [6.07, 6.45) is 5.24. The lowest BCUT2D eigenvalue weighted by molar-refractivity contribution is 0.272. The third kappa shape index (κ3) is 5.52. The Kier molecular flexibility index (Phi) is 6.86. The van der Waals surface area contributed by atoms with Crippen molar-refractivity contribution in [1.29, 1.82) is 0 Å². The Labute approximate surface area is 140 Å². The first kappa shape index (κ1) is 17.8. The number of guanidine groups is 1. The molecule has 1 N–H and O–H groups in total. The van der Waals surface area contributed by atoms with Gasteiger partial charge in [0, 0.05) is 39.1 Å². The fraction of sp³-hybridized carbons (Fsp3) is 0.824. The molecule has 130 valence electrons. The van der Waals surface area contributed by atoms with Crippen molar-refractivity contribution in [3.8, 4) is 0 Å². The first-order valence-corrected chi connectivity index (χ1v) is 9.00. The van der Waals surface area contributed by atoms with Gasteiger partial charge in [-0.2, -0.15) is 0 Å². The molecule has 0 aliphatic carbocycles. The van der Waals surface area contributed by atoms with Crippen LogP contribution >= 0.6 is 0 Å². The number of hydrogen-bond acceptors (Lipinski definition) is 3. The molecule has 0 spiro atoms. The molecule has 2 heterocycles. The minimum atomic E-state index is 0.583. The van der Waals surface area contributed by atoms with Crippen molar-refractivity contribution < 1.29 is 0 Å². The first-order valence-electron chi connectivity index (χ1n) is 9.00. The third-order valence-corrected chi connectivity index (χ3v) is 4.34. The largest absolute Gasteiger partial charge is 0.354 e. The highest BCUT2D eigenvalue weighted by molar-refractivity contribution is 5.80. The number of rotatable bonds is 6. The van der Waals surface area contributed by atoms with Gasteiger partial charge in [0.1, 0.15) is 12.2 Å². The van der Waals surface area contributed by atoms with E-state index < -0.39 is 0 Å². The molecule has 6 nitrogen and oxygen atoms in total. The van der Waals surface area contributed by atoms with Crippen molar-refractivity contribution in [2.24, 2.45) is 16.8 Å². The summed E-state index contributed by atoms with van der Waals surface area (Å²) in [4.78, 5) is 7.24. The Bertz CT molecular complexity index is 485. The monoisotopic (exact) mass is 320 g/mol. The van der Waals surface area contributed by atoms with Gasteiger partial charge in [-0.3, -0.25) is 4.99 Å². The molecule has 1 saturated heterocycles. The van der Waals surface area contributed by atoms with E-state index >= 15 is 0 Å². The minimum absolute atomic E-state index is 0.583. The molecule has 23 heavy (non-hydrogen) atoms. The SMILES string of the molecule is CCc1nncn1CCNC(=NCC(C)C)N1CCC(C)CC1. The molecule has 1 aliphatic rings. The summed E-state index contributed by atoms with van der Waals surface area (Å²) in [6, 6.07) is 0. The predicted molar refractivity (Wildman–Crippen MR) is 94.5 cm³/mol. The molecule has 0 bridgehead atoms. The van der Waals surface area contributed by atoms with E-state index in [-0.39, 0.29) is 0 Å². The molecule has 0 saturated carbocycles. The standard InChI is InChI=1S/C17H32N6/c1-5-16-21-20-13-23(16)11-8-18-17(19-12-14(2)3)22-9-6-15(4)7-10-22/h13-15H,5-12H2,1-4H3,(H,18,19). The number of piperidine rings is 1. The van der Waals surface area contributed by atoms with Crippen molar-refractivity contribution in [2.45, 2.75) is 53.5 Å². The zero-order valence-electron chi connectivity index (χ0n) is 15.1. The van der Waals surface area contributed by atoms with E-state index in [1.807, 2.05) is 6.33 Å². The average Bonchev–Trinajstić information content (AvgIpc) is 2.99. The Morgan fingerprint density at radius 2 is 2.13 bits per heavy atom. The van der Waals surface area contributed by atoms with Crippen molar-refractivity contribution >= 4 is 5.96 Å². The highest BCUT2D eigenvalue weighted by atomic mass is 15.3. The van der Waals surface area contributed by atoms with Crippen LogP contribution in [0.2, 0.25) is 0 Å². The first-order chi connectivity index (χ1) is 11.1. The molecule has 0 amide bonds. The van der Waals surface area contributed by atoms with Crippen molar-refractivity contribution in [2.75, 3.05) is 26.2 Å². The lowest BCUT2D eigenvalue weighted by atomic mass is 9.99. The summed E-state index contributed by atoms with van der Waals surface area (Å²) < 4.78 is 2.12. The number of aliphatic imine (C=N–C) groups is 1. The number of likely N-dealkylation sites (tertiary alicyclic amines) is 1. The van der Waals surface area contributed by atoms with E-state index in [2.05, 4.69) is 52.7 Å². The molecule has 0 unspecified atom stereocenters. The second kappa shape index (κ2) is 8.89. The van der Waals surface area contributed by atoms with Crippen LogP contribution in [0.1, 0.15) is 46.4 Å². The zero-order valence-corrected chi connectivity index (χ0v) is 15.1. The smallest absolute Gasteiger partial charge is 0.193 e. The second-order valence-corrected chi connectivity index (χ2v) is 6.95. The topological polar surface area (TPSA) is 58.3 Å². The van der Waals surface area contributed by atoms with Crippen molar-refractivity contribution in [1.82, 2.24) is 25.0 Å². The highest BCUT2D eigenvalue weighted by Crippen LogP contribution is 2.16. The Hall–Kier alpha value is -1.59. The minimum Gasteiger partial charge on any atom is -0.354 e. The van der Waals surface area contributed by atoms with Gasteiger partial charge in [0.2, 0.25) is 0 Å². The van der Waals surface area contributed by atoms with Gasteiger partial charge in [-0.05, 0) is 24.7 Å². The van der Waals surface area contributed by atoms with E-state index in [0.717, 1.165) is 56.8 Å². The van der Waals surface area contributed by atoms with Crippen molar-refractivity contribution in [3.63, 3.8) is 0 Å². The normalized spacial score (nSPS) is 17.1. The summed E-state index contributed by atoms with van der Waals surface area (Å²) in [5.41, 5.74) is 0. The summed E-state index contributed by atoms with van der Waals surface area (Å²) in [5.74, 6) is 3.53. The maximum atomic E-state index is 4.82. The lowest BCUT2D eigenvalue weighted by Gasteiger charge is -2.33. The van der Waals surface area contributed by atoms with Gasteiger partial charge < -0.3 is 14.8 Å². The molecule has 1 aromatic heterocycles. The van der Waals surface area contributed by atoms with Crippen molar-refractivity contribution in [3.05, 3.63) is 12.2 Å². The summed E-state index contributed by atoms with van der Waals surface area (Å²) >= 11 is 0. The molecule has 0 aromatic carbocycles. The predicted octanol–water partition coefficient (Wildman–Crippen LogP) is 2.17. The van der Waals surface area contributed by atoms with Crippen LogP contribution < -0.4 is 5.32 Å². The van der Waals surface area contributed by atoms with Gasteiger partial charge in [-0.15, -0.1) is 10.2 Å². The quantitative estimate of drug-likeness (QED) is 0.645. The van der Waals surface area contributed by atoms with Crippen LogP contribution in [0.3, 0.4) is 0 Å². The third-order valence-electron chi connectivity index (χ3n) is 4.34. The van der Waals surface area contributed by atoms with Gasteiger partial charge in [0.05, 0.1) is 0 Å². The van der Waals surface area contributed by atoms with Crippen LogP contribution in [0, 0.1) is 11.8 Å². The molecule has 1 fully saturated rings. The Balaban J connectivity index is 1.90. The highest BCUT2D eigenvalue weighted by Gasteiger charge is 2.18. The van der Waals surface area contributed by atoms with E-state index in [1.165, 1.54) is 12.8 Å². The summed E-state index contributed by atoms with van der Waals surface area (Å²) in [5, 5.41) is 11.7. The maximum Gasteiger partial charge on any atom is 0.193 e. The Morgan fingerprint density at radius 3 is 2.78 bits per heavy atom. The maximum absolute atomic E-state index is 4.82. The fourth-order valence-corrected chi connectivity index (χ4v) is 2.78. The summed E-state index contributed by atoms with van der Waals surface area (Å²) in [7, 11) is 0. The van der Waals surface area contributed by atoms with Crippen LogP contribution in [0.4, 0.5) is 0 Å². The zero-order chi connectivity index (χ0) is 16.7.